The molecule has 3 heteroatoms. The van der Waals surface area contributed by atoms with Gasteiger partial charge in [0.2, 0.25) is 0 Å². The molecule has 0 aliphatic carbocycles. The minimum atomic E-state index is -0.318. The minimum absolute atomic E-state index is 0.318. The predicted octanol–water partition coefficient (Wildman–Crippen LogP) is 1.95. The summed E-state index contributed by atoms with van der Waals surface area (Å²) in [7, 11) is 1.71. The molecule has 3 nitrogen and oxygen atoms in total. The van der Waals surface area contributed by atoms with Crippen molar-refractivity contribution in [1.29, 1.82) is 0 Å². The molecule has 0 aliphatic rings. The second-order valence-corrected chi connectivity index (χ2v) is 3.20. The zero-order valence-electron chi connectivity index (χ0n) is 8.15. The molecule has 1 heterocycles. The number of hydrogen-bond acceptors (Lipinski definition) is 2. The molecule has 14 heavy (non-hydrogen) atoms. The van der Waals surface area contributed by atoms with Crippen LogP contribution in [0.2, 0.25) is 0 Å². The van der Waals surface area contributed by atoms with Crippen molar-refractivity contribution in [2.24, 2.45) is 7.05 Å². The van der Waals surface area contributed by atoms with Gasteiger partial charge in [-0.05, 0) is 6.92 Å². The van der Waals surface area contributed by atoms with Gasteiger partial charge < -0.3 is 4.42 Å². The molecule has 2 aromatic rings. The second kappa shape index (κ2) is 3.18. The Labute approximate surface area is 81.6 Å². The highest BCUT2D eigenvalue weighted by Gasteiger charge is 2.11. The highest BCUT2D eigenvalue weighted by atomic mass is 16.4. The third kappa shape index (κ3) is 1.27. The third-order valence-electron chi connectivity index (χ3n) is 2.23. The van der Waals surface area contributed by atoms with Crippen LogP contribution >= 0.6 is 0 Å². The summed E-state index contributed by atoms with van der Waals surface area (Å²) in [6, 6.07) is 9.73. The zero-order chi connectivity index (χ0) is 10.1. The van der Waals surface area contributed by atoms with Crippen molar-refractivity contribution in [3.63, 3.8) is 0 Å². The molecule has 0 atom stereocenters. The maximum Gasteiger partial charge on any atom is 0.419 e. The first-order valence-electron chi connectivity index (χ1n) is 4.42. The van der Waals surface area contributed by atoms with Gasteiger partial charge in [-0.15, -0.1) is 0 Å². The summed E-state index contributed by atoms with van der Waals surface area (Å²) >= 11 is 0. The average molecular weight is 189 g/mol. The van der Waals surface area contributed by atoms with Gasteiger partial charge in [0.05, 0.1) is 5.69 Å². The molecule has 0 bridgehead atoms. The van der Waals surface area contributed by atoms with Crippen molar-refractivity contribution in [2.45, 2.75) is 6.92 Å². The molecular formula is C11H11NO2. The van der Waals surface area contributed by atoms with Crippen LogP contribution in [-0.2, 0) is 7.05 Å². The van der Waals surface area contributed by atoms with E-state index in [2.05, 4.69) is 0 Å². The monoisotopic (exact) mass is 189 g/mol. The number of nitrogens with zero attached hydrogens (tertiary/aromatic N) is 1. The lowest BCUT2D eigenvalue weighted by molar-refractivity contribution is 0.472. The van der Waals surface area contributed by atoms with Crippen molar-refractivity contribution in [3.05, 3.63) is 46.6 Å². The van der Waals surface area contributed by atoms with E-state index in [1.807, 2.05) is 30.3 Å². The molecule has 0 saturated carbocycles. The summed E-state index contributed by atoms with van der Waals surface area (Å²) < 4.78 is 6.53. The van der Waals surface area contributed by atoms with E-state index < -0.39 is 0 Å². The van der Waals surface area contributed by atoms with E-state index in [0.29, 0.717) is 5.76 Å². The van der Waals surface area contributed by atoms with Gasteiger partial charge in [-0.3, -0.25) is 4.57 Å². The van der Waals surface area contributed by atoms with Gasteiger partial charge in [-0.25, -0.2) is 4.79 Å². The highest BCUT2D eigenvalue weighted by Crippen LogP contribution is 2.20. The quantitative estimate of drug-likeness (QED) is 0.687. The first-order valence-corrected chi connectivity index (χ1v) is 4.42. The Morgan fingerprint density at radius 3 is 2.36 bits per heavy atom. The number of rotatable bonds is 1. The normalized spacial score (nSPS) is 10.4. The molecule has 72 valence electrons. The Bertz CT molecular complexity index is 494. The fourth-order valence-electron chi connectivity index (χ4n) is 1.57. The molecule has 2 rings (SSSR count). The van der Waals surface area contributed by atoms with Crippen LogP contribution in [0.5, 0.6) is 0 Å². The fraction of sp³-hybridized carbons (Fsp3) is 0.182. The van der Waals surface area contributed by atoms with Crippen molar-refractivity contribution in [1.82, 2.24) is 4.57 Å². The first-order chi connectivity index (χ1) is 6.70. The van der Waals surface area contributed by atoms with Crippen LogP contribution in [0.3, 0.4) is 0 Å². The Balaban J connectivity index is 2.69. The van der Waals surface area contributed by atoms with E-state index in [1.54, 1.807) is 14.0 Å². The summed E-state index contributed by atoms with van der Waals surface area (Å²) in [5, 5.41) is 0. The molecule has 1 aromatic carbocycles. The molecule has 1 aromatic heterocycles. The SMILES string of the molecule is Cc1oc(=O)n(C)c1-c1ccccc1. The van der Waals surface area contributed by atoms with Crippen LogP contribution in [0.25, 0.3) is 11.3 Å². The molecule has 0 aliphatic heterocycles. The summed E-state index contributed by atoms with van der Waals surface area (Å²) in [5.41, 5.74) is 1.84. The van der Waals surface area contributed by atoms with Crippen LogP contribution in [0.15, 0.2) is 39.5 Å². The lowest BCUT2D eigenvalue weighted by atomic mass is 10.1. The summed E-state index contributed by atoms with van der Waals surface area (Å²) in [6.07, 6.45) is 0. The maximum atomic E-state index is 11.2. The average Bonchev–Trinajstić information content (AvgIpc) is 2.43. The van der Waals surface area contributed by atoms with Gasteiger partial charge in [-0.2, -0.15) is 0 Å². The van der Waals surface area contributed by atoms with Gasteiger partial charge in [0.25, 0.3) is 0 Å². The lowest BCUT2D eigenvalue weighted by Gasteiger charge is -2.00. The molecule has 0 fully saturated rings. The van der Waals surface area contributed by atoms with E-state index in [0.717, 1.165) is 11.3 Å². The van der Waals surface area contributed by atoms with Crippen molar-refractivity contribution in [3.8, 4) is 11.3 Å². The second-order valence-electron chi connectivity index (χ2n) is 3.20. The summed E-state index contributed by atoms with van der Waals surface area (Å²) in [6.45, 7) is 1.80. The number of aromatic nitrogens is 1. The fourth-order valence-corrected chi connectivity index (χ4v) is 1.57. The standard InChI is InChI=1S/C11H11NO2/c1-8-10(12(2)11(13)14-8)9-6-4-3-5-7-9/h3-7H,1-2H3. The smallest absolute Gasteiger partial charge is 0.413 e. The lowest BCUT2D eigenvalue weighted by Crippen LogP contribution is -2.09. The van der Waals surface area contributed by atoms with Gasteiger partial charge in [0, 0.05) is 12.6 Å². The Kier molecular flexibility index (Phi) is 2.00. The van der Waals surface area contributed by atoms with Crippen molar-refractivity contribution < 1.29 is 4.42 Å². The minimum Gasteiger partial charge on any atom is -0.413 e. The zero-order valence-corrected chi connectivity index (χ0v) is 8.15. The number of aryl methyl sites for hydroxylation is 1. The van der Waals surface area contributed by atoms with Gasteiger partial charge in [-0.1, -0.05) is 30.3 Å². The highest BCUT2D eigenvalue weighted by molar-refractivity contribution is 5.61. The summed E-state index contributed by atoms with van der Waals surface area (Å²) in [5.74, 6) is 0.338. The predicted molar refractivity (Wildman–Crippen MR) is 54.1 cm³/mol. The van der Waals surface area contributed by atoms with Crippen LogP contribution in [0, 0.1) is 6.92 Å². The Morgan fingerprint density at radius 1 is 1.21 bits per heavy atom. The Hall–Kier alpha value is -1.77. The molecule has 0 saturated heterocycles. The van der Waals surface area contributed by atoms with Crippen LogP contribution in [0.1, 0.15) is 5.76 Å². The van der Waals surface area contributed by atoms with Gasteiger partial charge in [0.1, 0.15) is 5.76 Å². The van der Waals surface area contributed by atoms with E-state index in [-0.39, 0.29) is 5.76 Å². The van der Waals surface area contributed by atoms with E-state index >= 15 is 0 Å². The molecule has 0 spiro atoms. The summed E-state index contributed by atoms with van der Waals surface area (Å²) in [4.78, 5) is 11.2. The van der Waals surface area contributed by atoms with Crippen LogP contribution in [0.4, 0.5) is 0 Å². The largest absolute Gasteiger partial charge is 0.419 e. The topological polar surface area (TPSA) is 35.1 Å². The van der Waals surface area contributed by atoms with Gasteiger partial charge >= 0.3 is 5.76 Å². The van der Waals surface area contributed by atoms with Gasteiger partial charge in [0.15, 0.2) is 0 Å². The Morgan fingerprint density at radius 2 is 1.86 bits per heavy atom. The van der Waals surface area contributed by atoms with E-state index in [1.165, 1.54) is 4.57 Å². The molecule has 0 unspecified atom stereocenters. The van der Waals surface area contributed by atoms with E-state index in [4.69, 9.17) is 4.42 Å². The number of benzene rings is 1. The molecule has 0 N–H and O–H groups in total. The first kappa shape index (κ1) is 8.81. The maximum absolute atomic E-state index is 11.2. The number of oxazole rings is 1. The number of hydrogen-bond donors (Lipinski definition) is 0. The molecule has 0 amide bonds. The molecular weight excluding hydrogens is 178 g/mol. The third-order valence-corrected chi connectivity index (χ3v) is 2.23. The van der Waals surface area contributed by atoms with Crippen molar-refractivity contribution in [2.75, 3.05) is 0 Å². The van der Waals surface area contributed by atoms with Crippen molar-refractivity contribution >= 4 is 0 Å². The molecule has 0 radical (unpaired) electrons. The van der Waals surface area contributed by atoms with E-state index in [9.17, 15) is 4.79 Å². The van der Waals surface area contributed by atoms with Crippen LogP contribution < -0.4 is 5.76 Å². The van der Waals surface area contributed by atoms with Crippen LogP contribution in [-0.4, -0.2) is 4.57 Å².